The molecule has 168 valence electrons. The molecular formula is C27H48OS. The van der Waals surface area contributed by atoms with Gasteiger partial charge in [-0.1, -0.05) is 69.8 Å². The van der Waals surface area contributed by atoms with Crippen LogP contribution in [0.5, 0.6) is 0 Å². The van der Waals surface area contributed by atoms with Crippen molar-refractivity contribution < 1.29 is 5.11 Å². The summed E-state index contributed by atoms with van der Waals surface area (Å²) in [5, 5.41) is 9.33. The van der Waals surface area contributed by atoms with Gasteiger partial charge in [0.1, 0.15) is 0 Å². The van der Waals surface area contributed by atoms with Crippen molar-refractivity contribution in [3.05, 3.63) is 33.8 Å². The smallest absolute Gasteiger partial charge is 0.0515 e. The zero-order valence-corrected chi connectivity index (χ0v) is 21.0. The number of rotatable bonds is 14. The second-order valence-corrected chi connectivity index (χ2v) is 10.4. The van der Waals surface area contributed by atoms with Crippen LogP contribution in [-0.4, -0.2) is 11.2 Å². The van der Waals surface area contributed by atoms with Crippen molar-refractivity contribution in [3.8, 4) is 0 Å². The van der Waals surface area contributed by atoms with Crippen molar-refractivity contribution >= 4 is 12.6 Å². The lowest BCUT2D eigenvalue weighted by Gasteiger charge is -2.23. The average Bonchev–Trinajstić information content (AvgIpc) is 2.65. The van der Waals surface area contributed by atoms with E-state index < -0.39 is 0 Å². The number of allylic oxidation sites excluding steroid dienone is 5. The summed E-state index contributed by atoms with van der Waals surface area (Å²) in [6.45, 7) is 13.5. The van der Waals surface area contributed by atoms with Gasteiger partial charge in [-0.2, -0.15) is 0 Å². The van der Waals surface area contributed by atoms with Gasteiger partial charge in [0.2, 0.25) is 0 Å². The fourth-order valence-corrected chi connectivity index (χ4v) is 4.63. The fraction of sp³-hybridized carbons (Fsp3) is 0.778. The van der Waals surface area contributed by atoms with Crippen LogP contribution in [0.15, 0.2) is 33.8 Å². The molecule has 0 aromatic carbocycles. The molecule has 1 aliphatic carbocycles. The minimum absolute atomic E-state index is 0.176. The summed E-state index contributed by atoms with van der Waals surface area (Å²) in [5.41, 5.74) is 4.45. The summed E-state index contributed by atoms with van der Waals surface area (Å²) < 4.78 is 0. The molecule has 1 nitrogen and oxygen atoms in total. The Hall–Kier alpha value is -0.470. The Morgan fingerprint density at radius 1 is 1.10 bits per heavy atom. The van der Waals surface area contributed by atoms with Gasteiger partial charge in [-0.25, -0.2) is 0 Å². The van der Waals surface area contributed by atoms with E-state index in [0.29, 0.717) is 5.92 Å². The third-order valence-electron chi connectivity index (χ3n) is 6.78. The number of aliphatic hydroxyl groups is 1. The Labute approximate surface area is 187 Å². The highest BCUT2D eigenvalue weighted by Crippen LogP contribution is 2.35. The first-order chi connectivity index (χ1) is 13.7. The van der Waals surface area contributed by atoms with Crippen molar-refractivity contribution in [2.75, 3.05) is 0 Å². The molecule has 0 radical (unpaired) electrons. The Kier molecular flexibility index (Phi) is 13.3. The first kappa shape index (κ1) is 26.6. The highest BCUT2D eigenvalue weighted by atomic mass is 32.1. The van der Waals surface area contributed by atoms with E-state index in [4.69, 9.17) is 12.6 Å². The summed E-state index contributed by atoms with van der Waals surface area (Å²) in [7, 11) is 0. The van der Waals surface area contributed by atoms with Gasteiger partial charge in [0.25, 0.3) is 0 Å². The molecule has 2 heteroatoms. The maximum absolute atomic E-state index is 9.33. The van der Waals surface area contributed by atoms with Gasteiger partial charge in [-0.3, -0.25) is 0 Å². The zero-order chi connectivity index (χ0) is 21.8. The van der Waals surface area contributed by atoms with Crippen LogP contribution in [0.25, 0.3) is 0 Å². The fourth-order valence-electron chi connectivity index (χ4n) is 4.21. The van der Waals surface area contributed by atoms with Gasteiger partial charge in [0.05, 0.1) is 6.10 Å². The Morgan fingerprint density at radius 2 is 1.72 bits per heavy atom. The van der Waals surface area contributed by atoms with E-state index in [1.54, 1.807) is 0 Å². The van der Waals surface area contributed by atoms with Crippen LogP contribution in [-0.2, 0) is 0 Å². The molecule has 1 aliphatic rings. The third kappa shape index (κ3) is 11.5. The van der Waals surface area contributed by atoms with Gasteiger partial charge in [0, 0.05) is 4.91 Å². The van der Waals surface area contributed by atoms with Crippen LogP contribution < -0.4 is 0 Å². The van der Waals surface area contributed by atoms with Crippen molar-refractivity contribution in [3.63, 3.8) is 0 Å². The summed E-state index contributed by atoms with van der Waals surface area (Å²) >= 11 is 4.78. The first-order valence-electron chi connectivity index (χ1n) is 12.1. The summed E-state index contributed by atoms with van der Waals surface area (Å²) in [6, 6.07) is 0. The lowest BCUT2D eigenvalue weighted by molar-refractivity contribution is 0.186. The summed E-state index contributed by atoms with van der Waals surface area (Å²) in [6.07, 6.45) is 18.1. The summed E-state index contributed by atoms with van der Waals surface area (Å²) in [5.74, 6) is 2.31. The van der Waals surface area contributed by atoms with Crippen LogP contribution in [0, 0.1) is 17.8 Å². The van der Waals surface area contributed by atoms with E-state index in [1.807, 2.05) is 6.92 Å². The topological polar surface area (TPSA) is 20.2 Å². The maximum atomic E-state index is 9.33. The predicted octanol–water partition coefficient (Wildman–Crippen LogP) is 8.66. The Bertz CT molecular complexity index is 555. The van der Waals surface area contributed by atoms with E-state index in [1.165, 1.54) is 79.4 Å². The average molecular weight is 421 g/mol. The second-order valence-electron chi connectivity index (χ2n) is 9.95. The van der Waals surface area contributed by atoms with Gasteiger partial charge >= 0.3 is 0 Å². The van der Waals surface area contributed by atoms with Crippen molar-refractivity contribution in [2.24, 2.45) is 17.8 Å². The molecule has 0 aliphatic heterocycles. The molecule has 0 saturated carbocycles. The number of hydrogen-bond acceptors (Lipinski definition) is 2. The Balaban J connectivity index is 2.14. The minimum atomic E-state index is -0.176. The summed E-state index contributed by atoms with van der Waals surface area (Å²) in [4.78, 5) is 1.26. The van der Waals surface area contributed by atoms with Gasteiger partial charge in [-0.15, -0.1) is 12.6 Å². The lowest BCUT2D eigenvalue weighted by atomic mass is 9.87. The highest BCUT2D eigenvalue weighted by molar-refractivity contribution is 7.84. The van der Waals surface area contributed by atoms with Crippen LogP contribution in [0.4, 0.5) is 0 Å². The van der Waals surface area contributed by atoms with Gasteiger partial charge in [-0.05, 0) is 89.0 Å². The normalized spacial score (nSPS) is 21.2. The monoisotopic (exact) mass is 420 g/mol. The maximum Gasteiger partial charge on any atom is 0.0515 e. The molecule has 0 fully saturated rings. The molecule has 4 atom stereocenters. The minimum Gasteiger partial charge on any atom is -0.393 e. The molecular weight excluding hydrogens is 372 g/mol. The quantitative estimate of drug-likeness (QED) is 0.213. The van der Waals surface area contributed by atoms with E-state index in [-0.39, 0.29) is 6.10 Å². The van der Waals surface area contributed by atoms with Crippen molar-refractivity contribution in [2.45, 2.75) is 118 Å². The van der Waals surface area contributed by atoms with E-state index >= 15 is 0 Å². The van der Waals surface area contributed by atoms with E-state index in [2.05, 4.69) is 46.8 Å². The molecule has 4 unspecified atom stereocenters. The van der Waals surface area contributed by atoms with Crippen molar-refractivity contribution in [1.29, 1.82) is 0 Å². The molecule has 0 spiro atoms. The molecule has 1 rings (SSSR count). The molecule has 0 saturated heterocycles. The largest absolute Gasteiger partial charge is 0.393 e. The number of thiol groups is 1. The number of aliphatic hydroxyl groups excluding tert-OH is 1. The van der Waals surface area contributed by atoms with Crippen LogP contribution >= 0.6 is 12.6 Å². The van der Waals surface area contributed by atoms with Crippen LogP contribution in [0.2, 0.25) is 0 Å². The molecule has 0 aromatic rings. The number of hydrogen-bond donors (Lipinski definition) is 2. The third-order valence-corrected chi connectivity index (χ3v) is 7.42. The standard InChI is InChI=1S/C27H48OS/c1-20(10-7-11-21(2)14-9-15-24(5)28)12-8-13-22(3)16-18-26-19-17-23(4)25(6)27(26)29/h14,19-20,22-24,28-29H,7-13,15-18H2,1-6H3/b21-14+. The molecule has 29 heavy (non-hydrogen) atoms. The predicted molar refractivity (Wildman–Crippen MR) is 133 cm³/mol. The van der Waals surface area contributed by atoms with Gasteiger partial charge < -0.3 is 5.11 Å². The molecule has 0 amide bonds. The van der Waals surface area contributed by atoms with Crippen molar-refractivity contribution in [1.82, 2.24) is 0 Å². The molecule has 0 aromatic heterocycles. The second kappa shape index (κ2) is 14.5. The molecule has 1 N–H and O–H groups in total. The van der Waals surface area contributed by atoms with Gasteiger partial charge in [0.15, 0.2) is 0 Å². The first-order valence-corrected chi connectivity index (χ1v) is 12.6. The molecule has 0 heterocycles. The van der Waals surface area contributed by atoms with E-state index in [0.717, 1.165) is 24.7 Å². The van der Waals surface area contributed by atoms with E-state index in [9.17, 15) is 5.11 Å². The Morgan fingerprint density at radius 3 is 2.38 bits per heavy atom. The van der Waals surface area contributed by atoms with Crippen LogP contribution in [0.1, 0.15) is 112 Å². The molecule has 0 bridgehead atoms. The lowest BCUT2D eigenvalue weighted by Crippen LogP contribution is -2.06. The zero-order valence-electron chi connectivity index (χ0n) is 20.1. The van der Waals surface area contributed by atoms with Crippen LogP contribution in [0.3, 0.4) is 0 Å². The highest BCUT2D eigenvalue weighted by Gasteiger charge is 2.16. The SMILES string of the molecule is CC1=C(S)C(CCC(C)CCCC(C)CCC/C(C)=C/CCC(C)O)=CCC1C.